The van der Waals surface area contributed by atoms with E-state index in [4.69, 9.17) is 15.2 Å². The number of esters is 2. The van der Waals surface area contributed by atoms with Crippen LogP contribution in [-0.2, 0) is 33.4 Å². The van der Waals surface area contributed by atoms with Gasteiger partial charge in [0.1, 0.15) is 29.5 Å². The lowest BCUT2D eigenvalue weighted by Crippen LogP contribution is -2.54. The fraction of sp³-hybridized carbons (Fsp3) is 0.577. The number of nitrogens with two attached hydrogens (primary N) is 1. The van der Waals surface area contributed by atoms with Crippen LogP contribution in [0.4, 0.5) is 10.1 Å². The Morgan fingerprint density at radius 3 is 2.13 bits per heavy atom. The molecule has 1 unspecified atom stereocenters. The van der Waals surface area contributed by atoms with Crippen LogP contribution in [0.1, 0.15) is 60.3 Å². The normalized spacial score (nSPS) is 13.6. The van der Waals surface area contributed by atoms with Crippen molar-refractivity contribution in [2.45, 2.75) is 84.0 Å². The van der Waals surface area contributed by atoms with Crippen LogP contribution in [0.5, 0.6) is 0 Å². The second kappa shape index (κ2) is 15.0. The summed E-state index contributed by atoms with van der Waals surface area (Å²) in [5.74, 6) is -5.11. The Kier molecular flexibility index (Phi) is 12.8. The number of carbonyl (C=O) groups is 5. The summed E-state index contributed by atoms with van der Waals surface area (Å²) in [5, 5.41) is 7.04. The highest BCUT2D eigenvalue weighted by molar-refractivity contribution is 6.40. The minimum absolute atomic E-state index is 0.0657. The maximum absolute atomic E-state index is 13.8. The van der Waals surface area contributed by atoms with E-state index in [1.54, 1.807) is 20.8 Å². The zero-order valence-electron chi connectivity index (χ0n) is 22.8. The van der Waals surface area contributed by atoms with Gasteiger partial charge in [-0.05, 0) is 64.5 Å². The van der Waals surface area contributed by atoms with Crippen LogP contribution in [-0.4, -0.2) is 60.5 Å². The van der Waals surface area contributed by atoms with Gasteiger partial charge in [-0.1, -0.05) is 26.0 Å². The first-order chi connectivity index (χ1) is 17.6. The molecule has 5 N–H and O–H groups in total. The lowest BCUT2D eigenvalue weighted by atomic mass is 10.0. The highest BCUT2D eigenvalue weighted by Crippen LogP contribution is 2.14. The summed E-state index contributed by atoms with van der Waals surface area (Å²) in [5.41, 5.74) is 5.00. The van der Waals surface area contributed by atoms with Crippen molar-refractivity contribution in [3.8, 4) is 0 Å². The summed E-state index contributed by atoms with van der Waals surface area (Å²) >= 11 is 0. The first kappa shape index (κ1) is 32.5. The zero-order valence-corrected chi connectivity index (χ0v) is 22.8. The van der Waals surface area contributed by atoms with Crippen molar-refractivity contribution in [2.75, 3.05) is 12.4 Å². The predicted molar refractivity (Wildman–Crippen MR) is 138 cm³/mol. The van der Waals surface area contributed by atoms with Gasteiger partial charge in [0.2, 0.25) is 5.91 Å². The molecule has 12 heteroatoms. The maximum Gasteiger partial charge on any atom is 0.328 e. The summed E-state index contributed by atoms with van der Waals surface area (Å²) in [6.45, 7) is 8.77. The number of ether oxygens (including phenoxy) is 2. The fourth-order valence-corrected chi connectivity index (χ4v) is 3.37. The number of amides is 3. The zero-order chi connectivity index (χ0) is 29.0. The molecule has 0 saturated heterocycles. The number of methoxy groups -OCH3 is 1. The van der Waals surface area contributed by atoms with Crippen molar-refractivity contribution in [2.24, 2.45) is 11.7 Å². The molecule has 0 aromatic heterocycles. The molecule has 0 saturated carbocycles. The van der Waals surface area contributed by atoms with Crippen molar-refractivity contribution >= 4 is 35.3 Å². The predicted octanol–water partition coefficient (Wildman–Crippen LogP) is 1.79. The van der Waals surface area contributed by atoms with Gasteiger partial charge in [-0.15, -0.1) is 0 Å². The molecule has 0 aliphatic rings. The smallest absolute Gasteiger partial charge is 0.328 e. The van der Waals surface area contributed by atoms with Gasteiger partial charge >= 0.3 is 23.8 Å². The van der Waals surface area contributed by atoms with Crippen molar-refractivity contribution in [1.82, 2.24) is 10.6 Å². The molecule has 3 amide bonds. The monoisotopic (exact) mass is 538 g/mol. The van der Waals surface area contributed by atoms with Crippen molar-refractivity contribution in [3.63, 3.8) is 0 Å². The van der Waals surface area contributed by atoms with E-state index in [0.717, 1.165) is 13.2 Å². The molecule has 212 valence electrons. The maximum atomic E-state index is 13.8. The number of hydrogen-bond donors (Lipinski definition) is 4. The van der Waals surface area contributed by atoms with Gasteiger partial charge in [-0.2, -0.15) is 0 Å². The van der Waals surface area contributed by atoms with E-state index in [0.29, 0.717) is 0 Å². The van der Waals surface area contributed by atoms with Crippen LogP contribution in [0, 0.1) is 11.7 Å². The van der Waals surface area contributed by atoms with E-state index in [-0.39, 0.29) is 37.3 Å². The molecule has 1 aromatic carbocycles. The quantitative estimate of drug-likeness (QED) is 0.231. The highest BCUT2D eigenvalue weighted by atomic mass is 19.1. The van der Waals surface area contributed by atoms with E-state index in [2.05, 4.69) is 16.0 Å². The van der Waals surface area contributed by atoms with Gasteiger partial charge < -0.3 is 31.2 Å². The number of hydrogen-bond acceptors (Lipinski definition) is 8. The van der Waals surface area contributed by atoms with Crippen LogP contribution in [0.3, 0.4) is 0 Å². The number of para-hydroxylation sites is 1. The molecule has 0 spiro atoms. The second-order valence-corrected chi connectivity index (χ2v) is 10.2. The molecule has 1 aromatic rings. The lowest BCUT2D eigenvalue weighted by molar-refractivity contribution is -0.156. The number of carbonyl (C=O) groups excluding carboxylic acids is 5. The van der Waals surface area contributed by atoms with Crippen LogP contribution >= 0.6 is 0 Å². The van der Waals surface area contributed by atoms with E-state index >= 15 is 0 Å². The molecule has 0 aliphatic carbocycles. The lowest BCUT2D eigenvalue weighted by Gasteiger charge is -2.24. The van der Waals surface area contributed by atoms with Gasteiger partial charge in [0.25, 0.3) is 0 Å². The average Bonchev–Trinajstić information content (AvgIpc) is 2.82. The summed E-state index contributed by atoms with van der Waals surface area (Å²) in [6, 6.07) is 2.16. The van der Waals surface area contributed by atoms with Gasteiger partial charge in [-0.25, -0.2) is 9.18 Å². The SMILES string of the molecule is COC(=O)[C@H](CCCC(N)C(=O)OC(C)(C)C)NC(=O)[C@H](CC(C)C)NC(=O)C(=O)Nc1ccccc1F. The van der Waals surface area contributed by atoms with Crippen LogP contribution < -0.4 is 21.7 Å². The molecule has 0 heterocycles. The number of benzene rings is 1. The topological polar surface area (TPSA) is 166 Å². The third kappa shape index (κ3) is 11.7. The molecule has 38 heavy (non-hydrogen) atoms. The van der Waals surface area contributed by atoms with Gasteiger partial charge in [0.05, 0.1) is 12.8 Å². The van der Waals surface area contributed by atoms with Crippen molar-refractivity contribution in [3.05, 3.63) is 30.1 Å². The first-order valence-corrected chi connectivity index (χ1v) is 12.4. The largest absolute Gasteiger partial charge is 0.467 e. The number of anilines is 1. The second-order valence-electron chi connectivity index (χ2n) is 10.2. The molecule has 1 rings (SSSR count). The van der Waals surface area contributed by atoms with Gasteiger partial charge in [0, 0.05) is 0 Å². The molecule has 0 radical (unpaired) electrons. The first-order valence-electron chi connectivity index (χ1n) is 12.4. The minimum Gasteiger partial charge on any atom is -0.467 e. The number of rotatable bonds is 12. The van der Waals surface area contributed by atoms with E-state index in [1.165, 1.54) is 18.2 Å². The van der Waals surface area contributed by atoms with Crippen LogP contribution in [0.2, 0.25) is 0 Å². The molecule has 0 bridgehead atoms. The third-order valence-corrected chi connectivity index (χ3v) is 5.18. The molecular formula is C26H39FN4O7. The van der Waals surface area contributed by atoms with Crippen LogP contribution in [0.25, 0.3) is 0 Å². The van der Waals surface area contributed by atoms with Crippen molar-refractivity contribution < 1.29 is 37.8 Å². The van der Waals surface area contributed by atoms with Crippen molar-refractivity contribution in [1.29, 1.82) is 0 Å². The standard InChI is InChI=1S/C26H39FN4O7/c1-15(2)14-20(31-23(34)22(33)29-18-12-8-7-10-16(18)27)21(32)30-19(25(36)37-6)13-9-11-17(28)24(35)38-26(3,4)5/h7-8,10,12,15,17,19-20H,9,11,13-14,28H2,1-6H3,(H,29,33)(H,30,32)(H,31,34)/t17?,19-,20-/m0/s1. The van der Waals surface area contributed by atoms with Crippen LogP contribution in [0.15, 0.2) is 24.3 Å². The Morgan fingerprint density at radius 2 is 1.58 bits per heavy atom. The molecule has 3 atom stereocenters. The summed E-state index contributed by atoms with van der Waals surface area (Å²) in [7, 11) is 1.16. The van der Waals surface area contributed by atoms with E-state index in [1.807, 2.05) is 13.8 Å². The summed E-state index contributed by atoms with van der Waals surface area (Å²) < 4.78 is 23.8. The Bertz CT molecular complexity index is 994. The number of nitrogens with one attached hydrogen (secondary N) is 3. The molecular weight excluding hydrogens is 499 g/mol. The Hall–Kier alpha value is -3.54. The van der Waals surface area contributed by atoms with E-state index < -0.39 is 59.2 Å². The van der Waals surface area contributed by atoms with E-state index in [9.17, 15) is 28.4 Å². The molecule has 11 nitrogen and oxygen atoms in total. The minimum atomic E-state index is -1.16. The Balaban J connectivity index is 2.83. The third-order valence-electron chi connectivity index (χ3n) is 5.18. The molecule has 0 aliphatic heterocycles. The fourth-order valence-electron chi connectivity index (χ4n) is 3.37. The average molecular weight is 539 g/mol. The summed E-state index contributed by atoms with van der Waals surface area (Å²) in [6.07, 6.45) is 0.736. The number of halogens is 1. The Morgan fingerprint density at radius 1 is 0.947 bits per heavy atom. The van der Waals surface area contributed by atoms with Gasteiger partial charge in [0.15, 0.2) is 0 Å². The Labute approximate surface area is 222 Å². The molecule has 0 fully saturated rings. The van der Waals surface area contributed by atoms with Gasteiger partial charge in [-0.3, -0.25) is 19.2 Å². The summed E-state index contributed by atoms with van der Waals surface area (Å²) in [4.78, 5) is 62.2. The highest BCUT2D eigenvalue weighted by Gasteiger charge is 2.30.